The highest BCUT2D eigenvalue weighted by Gasteiger charge is 2.24. The second-order valence-corrected chi connectivity index (χ2v) is 9.09. The Morgan fingerprint density at radius 3 is 2.87 bits per heavy atom. The van der Waals surface area contributed by atoms with Crippen LogP contribution in [0.5, 0.6) is 0 Å². The lowest BCUT2D eigenvalue weighted by molar-refractivity contribution is 0.188. The molecule has 1 aliphatic heterocycles. The normalized spacial score (nSPS) is 14.3. The van der Waals surface area contributed by atoms with Crippen molar-refractivity contribution in [3.8, 4) is 0 Å². The first-order valence-electron chi connectivity index (χ1n) is 9.64. The third-order valence-electron chi connectivity index (χ3n) is 5.04. The number of carbonyl (C=O) groups excluding carboxylic acids is 1. The van der Waals surface area contributed by atoms with Gasteiger partial charge in [-0.2, -0.15) is 0 Å². The minimum Gasteiger partial charge on any atom is -0.331 e. The maximum absolute atomic E-state index is 12.8. The van der Waals surface area contributed by atoms with Crippen molar-refractivity contribution in [1.82, 2.24) is 25.2 Å². The van der Waals surface area contributed by atoms with Gasteiger partial charge in [0.25, 0.3) is 0 Å². The highest BCUT2D eigenvalue weighted by Crippen LogP contribution is 2.26. The van der Waals surface area contributed by atoms with Crippen molar-refractivity contribution in [2.24, 2.45) is 0 Å². The molecule has 0 radical (unpaired) electrons. The van der Waals surface area contributed by atoms with Gasteiger partial charge in [0.15, 0.2) is 0 Å². The molecule has 30 heavy (non-hydrogen) atoms. The number of hydrogen-bond acceptors (Lipinski definition) is 5. The van der Waals surface area contributed by atoms with Crippen LogP contribution in [0.4, 0.5) is 4.79 Å². The Balaban J connectivity index is 1.42. The van der Waals surface area contributed by atoms with Gasteiger partial charge in [0.1, 0.15) is 10.8 Å². The minimum atomic E-state index is -0.192. The number of aromatic nitrogens is 3. The van der Waals surface area contributed by atoms with E-state index >= 15 is 0 Å². The number of hydrogen-bond donors (Lipinski definition) is 1. The summed E-state index contributed by atoms with van der Waals surface area (Å²) in [5.41, 5.74) is 3.90. The average molecular weight is 462 g/mol. The van der Waals surface area contributed by atoms with E-state index in [-0.39, 0.29) is 12.1 Å². The maximum Gasteiger partial charge on any atom is 0.318 e. The number of benzene rings is 1. The van der Waals surface area contributed by atoms with Gasteiger partial charge in [0.05, 0.1) is 34.7 Å². The van der Waals surface area contributed by atoms with Gasteiger partial charge in [0, 0.05) is 23.8 Å². The molecule has 1 N–H and O–H groups in total. The summed E-state index contributed by atoms with van der Waals surface area (Å²) in [5, 5.41) is 7.02. The molecule has 1 atom stereocenters. The topological polar surface area (TPSA) is 71.0 Å². The molecule has 0 spiro atoms. The molecule has 0 saturated heterocycles. The lowest BCUT2D eigenvalue weighted by atomic mass is 10.1. The van der Waals surface area contributed by atoms with Crippen LogP contribution in [-0.4, -0.2) is 32.4 Å². The summed E-state index contributed by atoms with van der Waals surface area (Å²) < 4.78 is 0. The van der Waals surface area contributed by atoms with E-state index in [1.165, 1.54) is 0 Å². The highest BCUT2D eigenvalue weighted by atomic mass is 35.5. The zero-order valence-corrected chi connectivity index (χ0v) is 19.0. The smallest absolute Gasteiger partial charge is 0.318 e. The summed E-state index contributed by atoms with van der Waals surface area (Å²) in [6.45, 7) is 4.98. The summed E-state index contributed by atoms with van der Waals surface area (Å²) in [5.74, 6) is 0.731. The van der Waals surface area contributed by atoms with Crippen molar-refractivity contribution >= 4 is 40.6 Å². The van der Waals surface area contributed by atoms with Crippen LogP contribution in [0.2, 0.25) is 10.0 Å². The molecule has 4 rings (SSSR count). The fraction of sp³-hybridized carbons (Fsp3) is 0.333. The van der Waals surface area contributed by atoms with Crippen LogP contribution in [0.25, 0.3) is 0 Å². The van der Waals surface area contributed by atoms with E-state index in [0.29, 0.717) is 29.6 Å². The molecule has 1 aliphatic rings. The molecule has 156 valence electrons. The number of nitrogens with zero attached hydrogens (tertiary/aromatic N) is 4. The van der Waals surface area contributed by atoms with Gasteiger partial charge in [-0.3, -0.25) is 0 Å². The number of rotatable bonds is 4. The summed E-state index contributed by atoms with van der Waals surface area (Å²) in [6.07, 6.45) is 3.22. The van der Waals surface area contributed by atoms with E-state index in [1.807, 2.05) is 31.5 Å². The standard InChI is InChI=1S/C21H21Cl2N5OS/c1-12-11-30-20(25-12)8-19-24-9-15-5-6-28(10-18(15)27-19)21(29)26-13(2)14-3-4-16(22)17(23)7-14/h3-4,7,9,11,13H,5-6,8,10H2,1-2H3,(H,26,29)/t13-/m1/s1. The van der Waals surface area contributed by atoms with Crippen LogP contribution in [0.3, 0.4) is 0 Å². The number of halogens is 2. The monoisotopic (exact) mass is 461 g/mol. The third-order valence-corrected chi connectivity index (χ3v) is 6.75. The number of fused-ring (bicyclic) bond motifs is 1. The van der Waals surface area contributed by atoms with Crippen LogP contribution in [-0.2, 0) is 19.4 Å². The van der Waals surface area contributed by atoms with Gasteiger partial charge < -0.3 is 10.2 Å². The Morgan fingerprint density at radius 2 is 2.13 bits per heavy atom. The number of nitrogens with one attached hydrogen (secondary N) is 1. The van der Waals surface area contributed by atoms with Gasteiger partial charge >= 0.3 is 6.03 Å². The molecule has 2 aromatic heterocycles. The van der Waals surface area contributed by atoms with E-state index in [9.17, 15) is 4.79 Å². The summed E-state index contributed by atoms with van der Waals surface area (Å²) in [4.78, 5) is 28.3. The van der Waals surface area contributed by atoms with Crippen molar-refractivity contribution in [3.05, 3.63) is 73.2 Å². The summed E-state index contributed by atoms with van der Waals surface area (Å²) in [6, 6.07) is 5.06. The molecule has 0 aliphatic carbocycles. The van der Waals surface area contributed by atoms with E-state index < -0.39 is 0 Å². The Hall–Kier alpha value is -2.22. The molecule has 3 heterocycles. The third kappa shape index (κ3) is 4.74. The zero-order valence-electron chi connectivity index (χ0n) is 16.7. The largest absolute Gasteiger partial charge is 0.331 e. The maximum atomic E-state index is 12.8. The highest BCUT2D eigenvalue weighted by molar-refractivity contribution is 7.09. The molecule has 9 heteroatoms. The Morgan fingerprint density at radius 1 is 1.30 bits per heavy atom. The lowest BCUT2D eigenvalue weighted by Gasteiger charge is -2.29. The van der Waals surface area contributed by atoms with Crippen molar-refractivity contribution in [3.63, 3.8) is 0 Å². The molecular formula is C21H21Cl2N5OS. The minimum absolute atomic E-state index is 0.130. The van der Waals surface area contributed by atoms with E-state index in [1.54, 1.807) is 28.4 Å². The first kappa shape index (κ1) is 21.0. The average Bonchev–Trinajstić information content (AvgIpc) is 3.13. The quantitative estimate of drug-likeness (QED) is 0.595. The summed E-state index contributed by atoms with van der Waals surface area (Å²) >= 11 is 13.7. The number of amides is 2. The number of aryl methyl sites for hydroxylation is 1. The van der Waals surface area contributed by atoms with Crippen LogP contribution < -0.4 is 5.32 Å². The molecule has 2 amide bonds. The van der Waals surface area contributed by atoms with Gasteiger partial charge in [-0.25, -0.2) is 19.7 Å². The first-order valence-corrected chi connectivity index (χ1v) is 11.3. The SMILES string of the molecule is Cc1csc(Cc2ncc3c(n2)CN(C(=O)N[C@H](C)c2ccc(Cl)c(Cl)c2)CC3)n1. The Labute approximate surface area is 189 Å². The van der Waals surface area contributed by atoms with Gasteiger partial charge in [-0.1, -0.05) is 29.3 Å². The predicted octanol–water partition coefficient (Wildman–Crippen LogP) is 4.97. The molecule has 6 nitrogen and oxygen atoms in total. The Bertz CT molecular complexity index is 1090. The fourth-order valence-electron chi connectivity index (χ4n) is 3.36. The molecule has 0 fully saturated rings. The fourth-order valence-corrected chi connectivity index (χ4v) is 4.44. The van der Waals surface area contributed by atoms with Gasteiger partial charge in [-0.05, 0) is 43.5 Å². The number of carbonyl (C=O) groups is 1. The second-order valence-electron chi connectivity index (χ2n) is 7.33. The first-order chi connectivity index (χ1) is 14.4. The number of thiazole rings is 1. The molecule has 0 bridgehead atoms. The molecule has 0 saturated carbocycles. The zero-order chi connectivity index (χ0) is 21.3. The second kappa shape index (κ2) is 8.88. The van der Waals surface area contributed by atoms with Gasteiger partial charge in [0.2, 0.25) is 0 Å². The van der Waals surface area contributed by atoms with E-state index in [2.05, 4.69) is 15.3 Å². The van der Waals surface area contributed by atoms with Crippen molar-refractivity contribution in [2.45, 2.75) is 39.3 Å². The molecule has 3 aromatic rings. The van der Waals surface area contributed by atoms with Crippen molar-refractivity contribution < 1.29 is 4.79 Å². The van der Waals surface area contributed by atoms with Crippen LogP contribution in [0.1, 0.15) is 46.3 Å². The summed E-state index contributed by atoms with van der Waals surface area (Å²) in [7, 11) is 0. The van der Waals surface area contributed by atoms with E-state index in [4.69, 9.17) is 28.2 Å². The molecular weight excluding hydrogens is 441 g/mol. The molecule has 1 aromatic carbocycles. The van der Waals surface area contributed by atoms with Gasteiger partial charge in [-0.15, -0.1) is 11.3 Å². The number of urea groups is 1. The van der Waals surface area contributed by atoms with E-state index in [0.717, 1.165) is 39.8 Å². The van der Waals surface area contributed by atoms with Crippen LogP contribution >= 0.6 is 34.5 Å². The predicted molar refractivity (Wildman–Crippen MR) is 119 cm³/mol. The molecule has 0 unspecified atom stereocenters. The van der Waals surface area contributed by atoms with Crippen molar-refractivity contribution in [1.29, 1.82) is 0 Å². The van der Waals surface area contributed by atoms with Crippen molar-refractivity contribution in [2.75, 3.05) is 6.54 Å². The lowest BCUT2D eigenvalue weighted by Crippen LogP contribution is -2.44. The Kier molecular flexibility index (Phi) is 6.22. The van der Waals surface area contributed by atoms with Crippen LogP contribution in [0, 0.1) is 6.92 Å². The van der Waals surface area contributed by atoms with Crippen LogP contribution in [0.15, 0.2) is 29.8 Å².